The van der Waals surface area contributed by atoms with E-state index in [1.807, 2.05) is 32.3 Å². The molecule has 3 rings (SSSR count). The van der Waals surface area contributed by atoms with Crippen LogP contribution in [0.1, 0.15) is 56.3 Å². The normalized spacial score (nSPS) is 16.8. The topological polar surface area (TPSA) is 52.9 Å². The number of imidazole rings is 1. The van der Waals surface area contributed by atoms with Gasteiger partial charge in [-0.25, -0.2) is 4.98 Å². The maximum atomic E-state index is 12.9. The van der Waals surface area contributed by atoms with Crippen LogP contribution in [-0.2, 0) is 30.4 Å². The summed E-state index contributed by atoms with van der Waals surface area (Å²) in [5, 5.41) is 0. The number of aromatic nitrogens is 2. The number of fused-ring (bicyclic) bond motifs is 3. The summed E-state index contributed by atoms with van der Waals surface area (Å²) in [5.74, 6) is 0. The number of halogens is 3. The Morgan fingerprint density at radius 3 is 2.54 bits per heavy atom. The predicted octanol–water partition coefficient (Wildman–Crippen LogP) is 4.10. The Morgan fingerprint density at radius 1 is 1.23 bits per heavy atom. The molecule has 1 aromatic carbocycles. The second-order valence-electron chi connectivity index (χ2n) is 7.51. The maximum Gasteiger partial charge on any atom is 0.416 e. The molecule has 1 N–H and O–H groups in total. The summed E-state index contributed by atoms with van der Waals surface area (Å²) in [4.78, 5) is 4.45. The molecule has 2 heterocycles. The van der Waals surface area contributed by atoms with Gasteiger partial charge in [0.25, 0.3) is 0 Å². The number of nitrogens with one attached hydrogen (secondary N) is 1. The minimum absolute atomic E-state index is 0.220. The van der Waals surface area contributed by atoms with Gasteiger partial charge in [-0.05, 0) is 64.3 Å². The summed E-state index contributed by atoms with van der Waals surface area (Å²) in [6.45, 7) is 7.56. The Bertz CT molecular complexity index is 811. The van der Waals surface area contributed by atoms with Gasteiger partial charge < -0.3 is 9.12 Å². The van der Waals surface area contributed by atoms with Gasteiger partial charge in [-0.15, -0.1) is 4.72 Å². The Hall–Kier alpha value is -1.51. The van der Waals surface area contributed by atoms with E-state index in [2.05, 4.69) is 9.71 Å². The molecule has 0 amide bonds. The predicted molar refractivity (Wildman–Crippen MR) is 95.4 cm³/mol. The van der Waals surface area contributed by atoms with Crippen molar-refractivity contribution in [2.45, 2.75) is 57.5 Å². The zero-order chi connectivity index (χ0) is 19.3. The third kappa shape index (κ3) is 3.63. The van der Waals surface area contributed by atoms with E-state index >= 15 is 0 Å². The molecular weight excluding hydrogens is 363 g/mol. The first kappa shape index (κ1) is 19.3. The minimum atomic E-state index is -4.34. The molecule has 0 aliphatic carbocycles. The lowest BCUT2D eigenvalue weighted by molar-refractivity contribution is -0.137. The van der Waals surface area contributed by atoms with Crippen LogP contribution in [0.25, 0.3) is 5.69 Å². The second kappa shape index (κ2) is 6.58. The van der Waals surface area contributed by atoms with E-state index in [1.54, 1.807) is 6.33 Å². The van der Waals surface area contributed by atoms with Crippen molar-refractivity contribution in [2.24, 2.45) is 0 Å². The van der Waals surface area contributed by atoms with Gasteiger partial charge >= 0.3 is 6.18 Å². The zero-order valence-corrected chi connectivity index (χ0v) is 16.0. The van der Waals surface area contributed by atoms with E-state index in [4.69, 9.17) is 0 Å². The number of hydrogen-bond acceptors (Lipinski definition) is 3. The molecule has 2 atom stereocenters. The molecule has 0 bridgehead atoms. The molecule has 0 radical (unpaired) electrons. The standard InChI is InChI=1S/C18H22F3N3OS/c1-11(23-26(25)17(2,3)4)16-15-7-5-12-9-13(18(19,20)21)6-8-14(12)24(15)10-22-16/h6,8-11,23H,5,7H2,1-4H3/t11-,26-/m0/s1. The molecule has 0 spiro atoms. The van der Waals surface area contributed by atoms with E-state index in [0.717, 1.165) is 23.1 Å². The smallest absolute Gasteiger partial charge is 0.416 e. The van der Waals surface area contributed by atoms with Gasteiger partial charge in [0, 0.05) is 22.7 Å². The molecule has 26 heavy (non-hydrogen) atoms. The van der Waals surface area contributed by atoms with Gasteiger partial charge in [-0.2, -0.15) is 13.2 Å². The number of benzene rings is 1. The highest BCUT2D eigenvalue weighted by molar-refractivity contribution is 7.90. The molecule has 0 saturated carbocycles. The van der Waals surface area contributed by atoms with E-state index in [0.29, 0.717) is 18.4 Å². The van der Waals surface area contributed by atoms with Crippen LogP contribution >= 0.6 is 0 Å². The number of alkyl halides is 3. The van der Waals surface area contributed by atoms with Crippen LogP contribution in [0.3, 0.4) is 0 Å². The quantitative estimate of drug-likeness (QED) is 0.810. The lowest BCUT2D eigenvalue weighted by atomic mass is 9.97. The SMILES string of the molecule is C[C@H](N[S@@+]([O-])C(C)(C)C)c1ncn2c1CCc1cc(C(F)(F)F)ccc1-2. The molecule has 0 saturated heterocycles. The van der Waals surface area contributed by atoms with Crippen LogP contribution in [0.5, 0.6) is 0 Å². The third-order valence-electron chi connectivity index (χ3n) is 4.45. The van der Waals surface area contributed by atoms with Crippen molar-refractivity contribution in [3.8, 4) is 5.69 Å². The first-order chi connectivity index (χ1) is 12.0. The van der Waals surface area contributed by atoms with Gasteiger partial charge in [0.05, 0.1) is 23.6 Å². The van der Waals surface area contributed by atoms with Gasteiger partial charge in [-0.3, -0.25) is 0 Å². The summed E-state index contributed by atoms with van der Waals surface area (Å²) in [5.41, 5.74) is 2.49. The van der Waals surface area contributed by atoms with Gasteiger partial charge in [0.2, 0.25) is 0 Å². The van der Waals surface area contributed by atoms with Gasteiger partial charge in [0.1, 0.15) is 4.75 Å². The molecule has 1 aromatic heterocycles. The molecule has 0 fully saturated rings. The molecule has 4 nitrogen and oxygen atoms in total. The lowest BCUT2D eigenvalue weighted by Crippen LogP contribution is -2.40. The summed E-state index contributed by atoms with van der Waals surface area (Å²) in [7, 11) is 0. The average molecular weight is 385 g/mol. The average Bonchev–Trinajstić information content (AvgIpc) is 2.96. The Kier molecular flexibility index (Phi) is 4.87. The Morgan fingerprint density at radius 2 is 1.92 bits per heavy atom. The molecular formula is C18H22F3N3OS. The van der Waals surface area contributed by atoms with Crippen molar-refractivity contribution in [3.63, 3.8) is 0 Å². The van der Waals surface area contributed by atoms with E-state index in [9.17, 15) is 17.7 Å². The van der Waals surface area contributed by atoms with Crippen LogP contribution in [0, 0.1) is 0 Å². The Labute approximate surface area is 154 Å². The summed E-state index contributed by atoms with van der Waals surface area (Å²) in [6, 6.07) is 3.60. The maximum absolute atomic E-state index is 12.9. The zero-order valence-electron chi connectivity index (χ0n) is 15.1. The van der Waals surface area contributed by atoms with E-state index < -0.39 is 27.8 Å². The van der Waals surface area contributed by atoms with Gasteiger partial charge in [0.15, 0.2) is 0 Å². The number of rotatable bonds is 3. The van der Waals surface area contributed by atoms with Crippen molar-refractivity contribution in [2.75, 3.05) is 0 Å². The summed E-state index contributed by atoms with van der Waals surface area (Å²) >= 11 is -1.24. The number of hydrogen-bond donors (Lipinski definition) is 1. The van der Waals surface area contributed by atoms with Crippen LogP contribution in [0.2, 0.25) is 0 Å². The summed E-state index contributed by atoms with van der Waals surface area (Å²) < 4.78 is 55.6. The third-order valence-corrected chi connectivity index (χ3v) is 6.13. The fourth-order valence-corrected chi connectivity index (χ4v) is 3.83. The van der Waals surface area contributed by atoms with E-state index in [1.165, 1.54) is 12.1 Å². The van der Waals surface area contributed by atoms with Crippen molar-refractivity contribution >= 4 is 11.4 Å². The molecule has 1 aliphatic rings. The lowest BCUT2D eigenvalue weighted by Gasteiger charge is -2.27. The van der Waals surface area contributed by atoms with Crippen molar-refractivity contribution < 1.29 is 17.7 Å². The van der Waals surface area contributed by atoms with Crippen LogP contribution in [0.15, 0.2) is 24.5 Å². The van der Waals surface area contributed by atoms with Gasteiger partial charge in [-0.1, -0.05) is 0 Å². The van der Waals surface area contributed by atoms with Crippen LogP contribution < -0.4 is 4.72 Å². The van der Waals surface area contributed by atoms with Crippen molar-refractivity contribution in [1.29, 1.82) is 0 Å². The van der Waals surface area contributed by atoms with Crippen molar-refractivity contribution in [3.05, 3.63) is 47.0 Å². The number of nitrogens with zero attached hydrogens (tertiary/aromatic N) is 2. The fraction of sp³-hybridized carbons (Fsp3) is 0.500. The highest BCUT2D eigenvalue weighted by atomic mass is 32.2. The molecule has 1 aliphatic heterocycles. The number of aryl methyl sites for hydroxylation is 1. The molecule has 0 unspecified atom stereocenters. The minimum Gasteiger partial charge on any atom is -0.598 e. The largest absolute Gasteiger partial charge is 0.598 e. The van der Waals surface area contributed by atoms with E-state index in [-0.39, 0.29) is 6.04 Å². The highest BCUT2D eigenvalue weighted by Crippen LogP contribution is 2.35. The fourth-order valence-electron chi connectivity index (χ4n) is 3.05. The molecule has 2 aromatic rings. The summed E-state index contributed by atoms with van der Waals surface area (Å²) in [6.07, 6.45) is -1.59. The first-order valence-electron chi connectivity index (χ1n) is 8.43. The first-order valence-corrected chi connectivity index (χ1v) is 9.58. The Balaban J connectivity index is 1.90. The highest BCUT2D eigenvalue weighted by Gasteiger charge is 2.33. The monoisotopic (exact) mass is 385 g/mol. The van der Waals surface area contributed by atoms with Crippen LogP contribution in [0.4, 0.5) is 13.2 Å². The van der Waals surface area contributed by atoms with Crippen LogP contribution in [-0.4, -0.2) is 18.9 Å². The second-order valence-corrected chi connectivity index (χ2v) is 9.51. The molecule has 142 valence electrons. The van der Waals surface area contributed by atoms with Crippen molar-refractivity contribution in [1.82, 2.24) is 14.3 Å². The molecule has 8 heteroatoms.